The molecule has 1 saturated heterocycles. The van der Waals surface area contributed by atoms with Gasteiger partial charge in [0.05, 0.1) is 5.69 Å². The van der Waals surface area contributed by atoms with Crippen LogP contribution in [0.25, 0.3) is 16.2 Å². The minimum Gasteiger partial charge on any atom is -0.343 e. The zero-order valence-electron chi connectivity index (χ0n) is 14.4. The summed E-state index contributed by atoms with van der Waals surface area (Å²) in [7, 11) is 0. The number of hydrogen-bond acceptors (Lipinski definition) is 3. The molecule has 0 saturated carbocycles. The van der Waals surface area contributed by atoms with E-state index in [1.807, 2.05) is 18.2 Å². The van der Waals surface area contributed by atoms with Gasteiger partial charge in [0.2, 0.25) is 5.91 Å². The second-order valence-corrected chi connectivity index (χ2v) is 7.50. The predicted molar refractivity (Wildman–Crippen MR) is 102 cm³/mol. The van der Waals surface area contributed by atoms with Crippen molar-refractivity contribution in [1.29, 1.82) is 0 Å². The summed E-state index contributed by atoms with van der Waals surface area (Å²) in [6.07, 6.45) is 8.27. The summed E-state index contributed by atoms with van der Waals surface area (Å²) in [5.74, 6) is 0.296. The average Bonchev–Trinajstić information content (AvgIpc) is 3.11. The molecule has 3 heterocycles. The van der Waals surface area contributed by atoms with Gasteiger partial charge in [-0.1, -0.05) is 43.2 Å². The van der Waals surface area contributed by atoms with Gasteiger partial charge in [-0.25, -0.2) is 4.98 Å². The van der Waals surface area contributed by atoms with Crippen LogP contribution in [-0.4, -0.2) is 33.3 Å². The van der Waals surface area contributed by atoms with Gasteiger partial charge < -0.3 is 4.90 Å². The number of aryl methyl sites for hydroxylation is 1. The molecular weight excluding hydrogens is 330 g/mol. The van der Waals surface area contributed by atoms with E-state index >= 15 is 0 Å². The second kappa shape index (κ2) is 7.40. The predicted octanol–water partition coefficient (Wildman–Crippen LogP) is 4.40. The van der Waals surface area contributed by atoms with Crippen LogP contribution in [0, 0.1) is 0 Å². The van der Waals surface area contributed by atoms with Crippen molar-refractivity contribution < 1.29 is 4.79 Å². The number of thiazole rings is 1. The maximum atomic E-state index is 12.5. The van der Waals surface area contributed by atoms with Crippen LogP contribution in [0.1, 0.15) is 37.8 Å². The van der Waals surface area contributed by atoms with Crippen molar-refractivity contribution in [3.63, 3.8) is 0 Å². The molecule has 4 rings (SSSR count). The van der Waals surface area contributed by atoms with Gasteiger partial charge in [-0.3, -0.25) is 9.20 Å². The number of aromatic nitrogens is 2. The van der Waals surface area contributed by atoms with Crippen molar-refractivity contribution in [2.45, 2.75) is 38.5 Å². The summed E-state index contributed by atoms with van der Waals surface area (Å²) >= 11 is 1.65. The lowest BCUT2D eigenvalue weighted by molar-refractivity contribution is -0.131. The Kier molecular flexibility index (Phi) is 4.83. The van der Waals surface area contributed by atoms with E-state index < -0.39 is 0 Å². The molecule has 3 aromatic rings. The Labute approximate surface area is 152 Å². The fraction of sp³-hybridized carbons (Fsp3) is 0.400. The molecule has 0 atom stereocenters. The topological polar surface area (TPSA) is 37.6 Å². The fourth-order valence-electron chi connectivity index (χ4n) is 3.47. The Morgan fingerprint density at radius 1 is 1.08 bits per heavy atom. The molecule has 1 aromatic carbocycles. The lowest BCUT2D eigenvalue weighted by atomic mass is 10.2. The molecule has 1 aliphatic heterocycles. The van der Waals surface area contributed by atoms with E-state index in [0.717, 1.165) is 48.6 Å². The standard InChI is InChI=1S/C20H23N3OS/c24-19(22-12-6-1-2-7-13-22)11-10-17-15-25-20-21-18(14-23(17)20)16-8-4-3-5-9-16/h3-5,8-9,14-15H,1-2,6-7,10-13H2. The van der Waals surface area contributed by atoms with Crippen LogP contribution >= 0.6 is 11.3 Å². The molecule has 0 bridgehead atoms. The molecule has 25 heavy (non-hydrogen) atoms. The van der Waals surface area contributed by atoms with E-state index in [1.54, 1.807) is 11.3 Å². The van der Waals surface area contributed by atoms with Crippen LogP contribution in [-0.2, 0) is 11.2 Å². The van der Waals surface area contributed by atoms with Gasteiger partial charge >= 0.3 is 0 Å². The number of imidazole rings is 1. The number of carbonyl (C=O) groups is 1. The molecule has 2 aromatic heterocycles. The number of amides is 1. The Bertz CT molecular complexity index is 844. The summed E-state index contributed by atoms with van der Waals surface area (Å²) < 4.78 is 2.14. The first-order chi connectivity index (χ1) is 12.3. The molecule has 4 nitrogen and oxygen atoms in total. The monoisotopic (exact) mass is 353 g/mol. The Morgan fingerprint density at radius 3 is 2.60 bits per heavy atom. The van der Waals surface area contributed by atoms with Crippen LogP contribution in [0.4, 0.5) is 0 Å². The number of carbonyl (C=O) groups excluding carboxylic acids is 1. The third kappa shape index (κ3) is 3.61. The zero-order valence-corrected chi connectivity index (χ0v) is 15.2. The van der Waals surface area contributed by atoms with Crippen molar-refractivity contribution in [2.24, 2.45) is 0 Å². The summed E-state index contributed by atoms with van der Waals surface area (Å²) in [5.41, 5.74) is 3.30. The minimum absolute atomic E-state index is 0.296. The van der Waals surface area contributed by atoms with Gasteiger partial charge in [-0.2, -0.15) is 0 Å². The van der Waals surface area contributed by atoms with E-state index in [-0.39, 0.29) is 0 Å². The number of benzene rings is 1. The molecule has 0 spiro atoms. The third-order valence-electron chi connectivity index (χ3n) is 4.91. The maximum absolute atomic E-state index is 12.5. The molecular formula is C20H23N3OS. The van der Waals surface area contributed by atoms with Crippen molar-refractivity contribution in [3.8, 4) is 11.3 Å². The van der Waals surface area contributed by atoms with Crippen LogP contribution in [0.2, 0.25) is 0 Å². The van der Waals surface area contributed by atoms with Crippen LogP contribution < -0.4 is 0 Å². The molecule has 0 radical (unpaired) electrons. The van der Waals surface area contributed by atoms with Gasteiger partial charge in [-0.05, 0) is 19.3 Å². The quantitative estimate of drug-likeness (QED) is 0.697. The van der Waals surface area contributed by atoms with E-state index in [9.17, 15) is 4.79 Å². The van der Waals surface area contributed by atoms with Crippen molar-refractivity contribution in [2.75, 3.05) is 13.1 Å². The molecule has 0 aliphatic carbocycles. The fourth-order valence-corrected chi connectivity index (χ4v) is 4.38. The molecule has 1 aliphatic rings. The zero-order chi connectivity index (χ0) is 17.1. The summed E-state index contributed by atoms with van der Waals surface area (Å²) in [6, 6.07) is 10.2. The lowest BCUT2D eigenvalue weighted by Gasteiger charge is -2.20. The van der Waals surface area contributed by atoms with Gasteiger partial charge in [0.25, 0.3) is 0 Å². The minimum atomic E-state index is 0.296. The number of hydrogen-bond donors (Lipinski definition) is 0. The van der Waals surface area contributed by atoms with Crippen LogP contribution in [0.5, 0.6) is 0 Å². The molecule has 1 amide bonds. The second-order valence-electron chi connectivity index (χ2n) is 6.67. The van der Waals surface area contributed by atoms with E-state index in [4.69, 9.17) is 4.98 Å². The van der Waals surface area contributed by atoms with Crippen molar-refractivity contribution in [3.05, 3.63) is 47.6 Å². The summed E-state index contributed by atoms with van der Waals surface area (Å²) in [5, 5.41) is 2.13. The first kappa shape index (κ1) is 16.3. The lowest BCUT2D eigenvalue weighted by Crippen LogP contribution is -2.32. The van der Waals surface area contributed by atoms with E-state index in [1.165, 1.54) is 18.5 Å². The highest BCUT2D eigenvalue weighted by Crippen LogP contribution is 2.24. The van der Waals surface area contributed by atoms with Crippen molar-refractivity contribution >= 4 is 22.2 Å². The number of likely N-dealkylation sites (tertiary alicyclic amines) is 1. The van der Waals surface area contributed by atoms with Gasteiger partial charge in [0.15, 0.2) is 4.96 Å². The highest BCUT2D eigenvalue weighted by Gasteiger charge is 2.16. The third-order valence-corrected chi connectivity index (χ3v) is 5.80. The number of fused-ring (bicyclic) bond motifs is 1. The van der Waals surface area contributed by atoms with Gasteiger partial charge in [0.1, 0.15) is 0 Å². The molecule has 5 heteroatoms. The summed E-state index contributed by atoms with van der Waals surface area (Å²) in [4.78, 5) is 20.3. The first-order valence-electron chi connectivity index (χ1n) is 9.10. The Morgan fingerprint density at radius 2 is 1.84 bits per heavy atom. The van der Waals surface area contributed by atoms with E-state index in [2.05, 4.69) is 33.0 Å². The SMILES string of the molecule is O=C(CCc1csc2nc(-c3ccccc3)cn12)N1CCCCCC1. The highest BCUT2D eigenvalue weighted by atomic mass is 32.1. The average molecular weight is 353 g/mol. The first-order valence-corrected chi connectivity index (χ1v) is 9.98. The highest BCUT2D eigenvalue weighted by molar-refractivity contribution is 7.15. The molecule has 0 unspecified atom stereocenters. The molecule has 0 N–H and O–H groups in total. The molecule has 1 fully saturated rings. The smallest absolute Gasteiger partial charge is 0.222 e. The van der Waals surface area contributed by atoms with Gasteiger partial charge in [-0.15, -0.1) is 11.3 Å². The normalized spacial score (nSPS) is 15.4. The van der Waals surface area contributed by atoms with Crippen LogP contribution in [0.15, 0.2) is 41.9 Å². The van der Waals surface area contributed by atoms with Crippen LogP contribution in [0.3, 0.4) is 0 Å². The van der Waals surface area contributed by atoms with Gasteiger partial charge in [0, 0.05) is 42.3 Å². The number of nitrogens with zero attached hydrogens (tertiary/aromatic N) is 3. The largest absolute Gasteiger partial charge is 0.343 e. The number of rotatable bonds is 4. The Hall–Kier alpha value is -2.14. The maximum Gasteiger partial charge on any atom is 0.222 e. The summed E-state index contributed by atoms with van der Waals surface area (Å²) in [6.45, 7) is 1.86. The molecule has 130 valence electrons. The van der Waals surface area contributed by atoms with E-state index in [0.29, 0.717) is 12.3 Å². The van der Waals surface area contributed by atoms with Crippen molar-refractivity contribution in [1.82, 2.24) is 14.3 Å². The Balaban J connectivity index is 1.46.